The fraction of sp³-hybridized carbons (Fsp3) is 0.467. The molecule has 2 N–H and O–H groups in total. The lowest BCUT2D eigenvalue weighted by Crippen LogP contribution is -2.32. The topological polar surface area (TPSA) is 64.9 Å². The van der Waals surface area contributed by atoms with E-state index in [2.05, 4.69) is 10.1 Å². The maximum atomic E-state index is 13.5. The molecule has 4 nitrogen and oxygen atoms in total. The number of halogens is 1. The predicted octanol–water partition coefficient (Wildman–Crippen LogP) is 2.95. The first-order chi connectivity index (χ1) is 9.63. The van der Waals surface area contributed by atoms with Crippen molar-refractivity contribution in [3.05, 3.63) is 35.5 Å². The Kier molecular flexibility index (Phi) is 3.30. The van der Waals surface area contributed by atoms with Gasteiger partial charge in [0.1, 0.15) is 5.82 Å². The standard InChI is InChI=1S/C15H18FN3O/c1-10-6-11(8-12(16)7-10)13-18-14(20-19-13)15(9-17)4-2-3-5-15/h6-8H,2-5,9,17H2,1H3. The first-order valence-corrected chi connectivity index (χ1v) is 6.95. The van der Waals surface area contributed by atoms with E-state index in [0.717, 1.165) is 31.2 Å². The molecule has 1 heterocycles. The summed E-state index contributed by atoms with van der Waals surface area (Å²) in [4.78, 5) is 4.46. The van der Waals surface area contributed by atoms with Crippen LogP contribution in [-0.4, -0.2) is 16.7 Å². The molecule has 0 aliphatic heterocycles. The summed E-state index contributed by atoms with van der Waals surface area (Å²) in [5, 5.41) is 4.00. The summed E-state index contributed by atoms with van der Waals surface area (Å²) in [7, 11) is 0. The molecule has 0 amide bonds. The zero-order valence-corrected chi connectivity index (χ0v) is 11.5. The Labute approximate surface area is 117 Å². The molecule has 20 heavy (non-hydrogen) atoms. The molecule has 1 aromatic carbocycles. The van der Waals surface area contributed by atoms with Crippen molar-refractivity contribution in [1.82, 2.24) is 10.1 Å². The molecule has 5 heteroatoms. The highest BCUT2D eigenvalue weighted by Crippen LogP contribution is 2.39. The molecular weight excluding hydrogens is 257 g/mol. The monoisotopic (exact) mass is 275 g/mol. The maximum Gasteiger partial charge on any atom is 0.234 e. The fourth-order valence-corrected chi connectivity index (χ4v) is 2.98. The summed E-state index contributed by atoms with van der Waals surface area (Å²) < 4.78 is 18.9. The Morgan fingerprint density at radius 2 is 2.05 bits per heavy atom. The van der Waals surface area contributed by atoms with E-state index in [1.165, 1.54) is 12.1 Å². The molecule has 0 bridgehead atoms. The van der Waals surface area contributed by atoms with Gasteiger partial charge in [0.2, 0.25) is 11.7 Å². The number of nitrogens with two attached hydrogens (primary N) is 1. The van der Waals surface area contributed by atoms with Gasteiger partial charge >= 0.3 is 0 Å². The SMILES string of the molecule is Cc1cc(F)cc(-c2noc(C3(CN)CCCC3)n2)c1. The minimum Gasteiger partial charge on any atom is -0.338 e. The van der Waals surface area contributed by atoms with Crippen LogP contribution in [0, 0.1) is 12.7 Å². The Hall–Kier alpha value is -1.75. The highest BCUT2D eigenvalue weighted by Gasteiger charge is 2.39. The Bertz CT molecular complexity index is 597. The lowest BCUT2D eigenvalue weighted by atomic mass is 9.86. The molecule has 1 fully saturated rings. The number of aryl methyl sites for hydroxylation is 1. The van der Waals surface area contributed by atoms with Crippen molar-refractivity contribution in [3.63, 3.8) is 0 Å². The zero-order valence-electron chi connectivity index (χ0n) is 11.5. The minimum atomic E-state index is -0.291. The molecule has 1 aliphatic rings. The second-order valence-electron chi connectivity index (χ2n) is 5.63. The van der Waals surface area contributed by atoms with Gasteiger partial charge in [0.15, 0.2) is 0 Å². The van der Waals surface area contributed by atoms with Crippen molar-refractivity contribution < 1.29 is 8.91 Å². The summed E-state index contributed by atoms with van der Waals surface area (Å²) in [6.45, 7) is 2.35. The van der Waals surface area contributed by atoms with Gasteiger partial charge in [-0.05, 0) is 43.5 Å². The van der Waals surface area contributed by atoms with E-state index in [9.17, 15) is 4.39 Å². The number of hydrogen-bond acceptors (Lipinski definition) is 4. The van der Waals surface area contributed by atoms with Gasteiger partial charge in [-0.15, -0.1) is 0 Å². The van der Waals surface area contributed by atoms with Crippen LogP contribution in [0.5, 0.6) is 0 Å². The average Bonchev–Trinajstić information content (AvgIpc) is 3.07. The summed E-state index contributed by atoms with van der Waals surface area (Å²) in [5.41, 5.74) is 7.20. The van der Waals surface area contributed by atoms with Crippen LogP contribution in [0.2, 0.25) is 0 Å². The van der Waals surface area contributed by atoms with Crippen molar-refractivity contribution in [1.29, 1.82) is 0 Å². The maximum absolute atomic E-state index is 13.5. The second-order valence-corrected chi connectivity index (χ2v) is 5.63. The highest BCUT2D eigenvalue weighted by molar-refractivity contribution is 5.55. The normalized spacial score (nSPS) is 17.6. The number of benzene rings is 1. The zero-order chi connectivity index (χ0) is 14.2. The van der Waals surface area contributed by atoms with Gasteiger partial charge in [-0.1, -0.05) is 18.0 Å². The largest absolute Gasteiger partial charge is 0.338 e. The molecule has 1 aliphatic carbocycles. The van der Waals surface area contributed by atoms with Gasteiger partial charge < -0.3 is 10.3 Å². The van der Waals surface area contributed by atoms with Gasteiger partial charge in [0, 0.05) is 12.1 Å². The Balaban J connectivity index is 1.97. The summed E-state index contributed by atoms with van der Waals surface area (Å²) in [6.07, 6.45) is 4.22. The molecule has 0 radical (unpaired) electrons. The van der Waals surface area contributed by atoms with E-state index in [4.69, 9.17) is 10.3 Å². The van der Waals surface area contributed by atoms with Crippen LogP contribution in [-0.2, 0) is 5.41 Å². The molecule has 3 rings (SSSR count). The molecular formula is C15H18FN3O. The number of rotatable bonds is 3. The highest BCUT2D eigenvalue weighted by atomic mass is 19.1. The van der Waals surface area contributed by atoms with E-state index < -0.39 is 0 Å². The Morgan fingerprint density at radius 1 is 1.30 bits per heavy atom. The Morgan fingerprint density at radius 3 is 2.70 bits per heavy atom. The van der Waals surface area contributed by atoms with E-state index in [1.807, 2.05) is 13.0 Å². The van der Waals surface area contributed by atoms with Crippen molar-refractivity contribution in [3.8, 4) is 11.4 Å². The van der Waals surface area contributed by atoms with Crippen LogP contribution < -0.4 is 5.73 Å². The molecule has 1 aromatic heterocycles. The van der Waals surface area contributed by atoms with E-state index in [1.54, 1.807) is 0 Å². The number of hydrogen-bond donors (Lipinski definition) is 1. The van der Waals surface area contributed by atoms with Crippen LogP contribution >= 0.6 is 0 Å². The van der Waals surface area contributed by atoms with Gasteiger partial charge in [0.25, 0.3) is 0 Å². The van der Waals surface area contributed by atoms with Crippen molar-refractivity contribution in [2.45, 2.75) is 38.0 Å². The van der Waals surface area contributed by atoms with E-state index in [0.29, 0.717) is 23.8 Å². The fourth-order valence-electron chi connectivity index (χ4n) is 2.98. The van der Waals surface area contributed by atoms with Gasteiger partial charge in [-0.3, -0.25) is 0 Å². The third-order valence-electron chi connectivity index (χ3n) is 4.13. The lowest BCUT2D eigenvalue weighted by Gasteiger charge is -2.21. The average molecular weight is 275 g/mol. The molecule has 0 unspecified atom stereocenters. The minimum absolute atomic E-state index is 0.187. The van der Waals surface area contributed by atoms with E-state index in [-0.39, 0.29) is 11.2 Å². The van der Waals surface area contributed by atoms with Crippen molar-refractivity contribution in [2.24, 2.45) is 5.73 Å². The van der Waals surface area contributed by atoms with Gasteiger partial charge in [-0.2, -0.15) is 4.98 Å². The summed E-state index contributed by atoms with van der Waals surface area (Å²) >= 11 is 0. The molecule has 0 atom stereocenters. The molecule has 106 valence electrons. The van der Waals surface area contributed by atoms with Crippen molar-refractivity contribution >= 4 is 0 Å². The summed E-state index contributed by atoms with van der Waals surface area (Å²) in [5.74, 6) is 0.734. The van der Waals surface area contributed by atoms with Crippen LogP contribution in [0.4, 0.5) is 4.39 Å². The van der Waals surface area contributed by atoms with Crippen LogP contribution in [0.15, 0.2) is 22.7 Å². The molecule has 0 spiro atoms. The lowest BCUT2D eigenvalue weighted by molar-refractivity contribution is 0.284. The molecule has 1 saturated carbocycles. The van der Waals surface area contributed by atoms with Crippen LogP contribution in [0.25, 0.3) is 11.4 Å². The van der Waals surface area contributed by atoms with E-state index >= 15 is 0 Å². The summed E-state index contributed by atoms with van der Waals surface area (Å²) in [6, 6.07) is 4.75. The third kappa shape index (κ3) is 2.22. The van der Waals surface area contributed by atoms with Crippen molar-refractivity contribution in [2.75, 3.05) is 6.54 Å². The number of nitrogens with zero attached hydrogens (tertiary/aromatic N) is 2. The second kappa shape index (κ2) is 4.98. The number of aromatic nitrogens is 2. The van der Waals surface area contributed by atoms with Gasteiger partial charge in [-0.25, -0.2) is 4.39 Å². The first kappa shape index (κ1) is 13.2. The van der Waals surface area contributed by atoms with Crippen LogP contribution in [0.1, 0.15) is 37.1 Å². The van der Waals surface area contributed by atoms with Gasteiger partial charge in [0.05, 0.1) is 5.41 Å². The predicted molar refractivity (Wildman–Crippen MR) is 73.6 cm³/mol. The smallest absolute Gasteiger partial charge is 0.234 e. The molecule has 0 saturated heterocycles. The molecule has 2 aromatic rings. The third-order valence-corrected chi connectivity index (χ3v) is 4.13. The van der Waals surface area contributed by atoms with Crippen LogP contribution in [0.3, 0.4) is 0 Å². The first-order valence-electron chi connectivity index (χ1n) is 6.95. The quantitative estimate of drug-likeness (QED) is 0.935.